The van der Waals surface area contributed by atoms with Gasteiger partial charge in [0.1, 0.15) is 0 Å². The quantitative estimate of drug-likeness (QED) is 0.855. The summed E-state index contributed by atoms with van der Waals surface area (Å²) in [6.07, 6.45) is 0.388. The van der Waals surface area contributed by atoms with E-state index in [0.717, 1.165) is 10.0 Å². The molecule has 88 valence electrons. The Morgan fingerprint density at radius 3 is 2.88 bits per heavy atom. The Bertz CT molecular complexity index is 525. The fraction of sp³-hybridized carbons (Fsp3) is 0.0833. The van der Waals surface area contributed by atoms with Crippen molar-refractivity contribution in [3.8, 4) is 0 Å². The second-order valence-electron chi connectivity index (χ2n) is 3.59. The summed E-state index contributed by atoms with van der Waals surface area (Å²) < 4.78 is 0.827. The second-order valence-corrected chi connectivity index (χ2v) is 5.23. The lowest BCUT2D eigenvalue weighted by Crippen LogP contribution is -2.14. The van der Waals surface area contributed by atoms with Crippen LogP contribution >= 0.6 is 27.3 Å². The van der Waals surface area contributed by atoms with Gasteiger partial charge in [-0.05, 0) is 56.5 Å². The highest BCUT2D eigenvalue weighted by atomic mass is 79.9. The molecular formula is C12H11BrN2OS. The number of carbonyl (C=O) groups excluding carboxylic acids is 1. The van der Waals surface area contributed by atoms with E-state index in [1.807, 2.05) is 29.0 Å². The van der Waals surface area contributed by atoms with Crippen molar-refractivity contribution in [2.75, 3.05) is 11.1 Å². The monoisotopic (exact) mass is 310 g/mol. The van der Waals surface area contributed by atoms with Crippen LogP contribution in [-0.4, -0.2) is 5.91 Å². The molecule has 1 amide bonds. The molecule has 0 radical (unpaired) electrons. The SMILES string of the molecule is Nc1cc(NC(=O)Cc2ccsc2)ccc1Br. The van der Waals surface area contributed by atoms with E-state index in [0.29, 0.717) is 17.8 Å². The van der Waals surface area contributed by atoms with Crippen LogP contribution in [-0.2, 0) is 11.2 Å². The first-order valence-corrected chi connectivity index (χ1v) is 6.74. The number of nitrogen functional groups attached to an aromatic ring is 1. The van der Waals surface area contributed by atoms with E-state index in [1.165, 1.54) is 0 Å². The largest absolute Gasteiger partial charge is 0.398 e. The number of nitrogens with two attached hydrogens (primary N) is 1. The van der Waals surface area contributed by atoms with E-state index in [-0.39, 0.29) is 5.91 Å². The van der Waals surface area contributed by atoms with Gasteiger partial charge in [0.2, 0.25) is 5.91 Å². The molecule has 0 aliphatic heterocycles. The first kappa shape index (κ1) is 12.1. The van der Waals surface area contributed by atoms with E-state index < -0.39 is 0 Å². The number of hydrogen-bond acceptors (Lipinski definition) is 3. The Labute approximate surface area is 112 Å². The molecule has 0 saturated carbocycles. The van der Waals surface area contributed by atoms with Crippen LogP contribution in [0.2, 0.25) is 0 Å². The van der Waals surface area contributed by atoms with E-state index in [2.05, 4.69) is 21.2 Å². The molecule has 17 heavy (non-hydrogen) atoms. The zero-order valence-corrected chi connectivity index (χ0v) is 11.3. The summed E-state index contributed by atoms with van der Waals surface area (Å²) in [5.74, 6) is -0.0369. The van der Waals surface area contributed by atoms with Gasteiger partial charge in [0, 0.05) is 15.8 Å². The van der Waals surface area contributed by atoms with Gasteiger partial charge in [0.25, 0.3) is 0 Å². The van der Waals surface area contributed by atoms with E-state index in [1.54, 1.807) is 17.4 Å². The van der Waals surface area contributed by atoms with Crippen molar-refractivity contribution in [1.82, 2.24) is 0 Å². The smallest absolute Gasteiger partial charge is 0.228 e. The third-order valence-corrected chi connectivity index (χ3v) is 3.68. The molecular weight excluding hydrogens is 300 g/mol. The lowest BCUT2D eigenvalue weighted by Gasteiger charge is -2.06. The van der Waals surface area contributed by atoms with Crippen molar-refractivity contribution in [1.29, 1.82) is 0 Å². The third kappa shape index (κ3) is 3.31. The Kier molecular flexibility index (Phi) is 3.81. The van der Waals surface area contributed by atoms with Crippen LogP contribution in [0.15, 0.2) is 39.5 Å². The number of rotatable bonds is 3. The fourth-order valence-corrected chi connectivity index (χ4v) is 2.32. The van der Waals surface area contributed by atoms with Gasteiger partial charge in [-0.1, -0.05) is 0 Å². The molecule has 5 heteroatoms. The summed E-state index contributed by atoms with van der Waals surface area (Å²) in [6, 6.07) is 7.30. The molecule has 0 unspecified atom stereocenters. The van der Waals surface area contributed by atoms with Crippen molar-refractivity contribution in [2.45, 2.75) is 6.42 Å². The zero-order valence-electron chi connectivity index (χ0n) is 8.94. The Morgan fingerprint density at radius 2 is 2.24 bits per heavy atom. The maximum Gasteiger partial charge on any atom is 0.228 e. The first-order chi connectivity index (χ1) is 8.15. The lowest BCUT2D eigenvalue weighted by molar-refractivity contribution is -0.115. The van der Waals surface area contributed by atoms with Crippen molar-refractivity contribution < 1.29 is 4.79 Å². The average molecular weight is 311 g/mol. The second kappa shape index (κ2) is 5.33. The summed E-state index contributed by atoms with van der Waals surface area (Å²) in [4.78, 5) is 11.7. The molecule has 2 rings (SSSR count). The summed E-state index contributed by atoms with van der Waals surface area (Å²) in [5, 5.41) is 6.74. The average Bonchev–Trinajstić information content (AvgIpc) is 2.76. The Balaban J connectivity index is 2.00. The molecule has 3 nitrogen and oxygen atoms in total. The van der Waals surface area contributed by atoms with Crippen LogP contribution in [0, 0.1) is 0 Å². The van der Waals surface area contributed by atoms with Crippen molar-refractivity contribution in [2.24, 2.45) is 0 Å². The molecule has 0 spiro atoms. The molecule has 1 aromatic heterocycles. The third-order valence-electron chi connectivity index (χ3n) is 2.22. The van der Waals surface area contributed by atoms with E-state index in [4.69, 9.17) is 5.73 Å². The number of anilines is 2. The predicted octanol–water partition coefficient (Wildman–Crippen LogP) is 3.27. The number of halogens is 1. The summed E-state index contributed by atoms with van der Waals surface area (Å²) >= 11 is 4.89. The number of amides is 1. The van der Waals surface area contributed by atoms with Crippen LogP contribution in [0.3, 0.4) is 0 Å². The number of carbonyl (C=O) groups is 1. The molecule has 0 atom stereocenters. The number of hydrogen-bond donors (Lipinski definition) is 2. The molecule has 1 aromatic carbocycles. The fourth-order valence-electron chi connectivity index (χ4n) is 1.41. The molecule has 0 aliphatic carbocycles. The van der Waals surface area contributed by atoms with Crippen molar-refractivity contribution in [3.63, 3.8) is 0 Å². The van der Waals surface area contributed by atoms with Gasteiger partial charge >= 0.3 is 0 Å². The minimum atomic E-state index is -0.0369. The molecule has 1 heterocycles. The first-order valence-electron chi connectivity index (χ1n) is 5.01. The predicted molar refractivity (Wildman–Crippen MR) is 75.2 cm³/mol. The number of thiophene rings is 1. The van der Waals surface area contributed by atoms with Crippen LogP contribution < -0.4 is 11.1 Å². The van der Waals surface area contributed by atoms with Crippen molar-refractivity contribution in [3.05, 3.63) is 45.1 Å². The van der Waals surface area contributed by atoms with E-state index >= 15 is 0 Å². The molecule has 2 aromatic rings. The summed E-state index contributed by atoms with van der Waals surface area (Å²) in [5.41, 5.74) is 8.08. The van der Waals surface area contributed by atoms with Gasteiger partial charge in [-0.25, -0.2) is 0 Å². The highest BCUT2D eigenvalue weighted by Crippen LogP contribution is 2.23. The topological polar surface area (TPSA) is 55.1 Å². The minimum absolute atomic E-state index is 0.0369. The molecule has 3 N–H and O–H groups in total. The maximum atomic E-state index is 11.7. The number of nitrogens with one attached hydrogen (secondary N) is 1. The van der Waals surface area contributed by atoms with Crippen LogP contribution in [0.1, 0.15) is 5.56 Å². The molecule has 0 bridgehead atoms. The van der Waals surface area contributed by atoms with Crippen LogP contribution in [0.5, 0.6) is 0 Å². The molecule has 0 fully saturated rings. The normalized spacial score (nSPS) is 10.2. The van der Waals surface area contributed by atoms with E-state index in [9.17, 15) is 4.79 Å². The van der Waals surface area contributed by atoms with Gasteiger partial charge in [-0.2, -0.15) is 11.3 Å². The van der Waals surface area contributed by atoms with Gasteiger partial charge in [0.05, 0.1) is 6.42 Å². The highest BCUT2D eigenvalue weighted by Gasteiger charge is 2.05. The standard InChI is InChI=1S/C12H11BrN2OS/c13-10-2-1-9(6-11(10)14)15-12(16)5-8-3-4-17-7-8/h1-4,6-7H,5,14H2,(H,15,16). The van der Waals surface area contributed by atoms with Gasteiger partial charge in [-0.15, -0.1) is 0 Å². The number of benzene rings is 1. The maximum absolute atomic E-state index is 11.7. The van der Waals surface area contributed by atoms with Gasteiger partial charge in [0.15, 0.2) is 0 Å². The molecule has 0 saturated heterocycles. The summed E-state index contributed by atoms with van der Waals surface area (Å²) in [7, 11) is 0. The minimum Gasteiger partial charge on any atom is -0.398 e. The van der Waals surface area contributed by atoms with Crippen molar-refractivity contribution >= 4 is 44.5 Å². The van der Waals surface area contributed by atoms with Crippen LogP contribution in [0.25, 0.3) is 0 Å². The van der Waals surface area contributed by atoms with Gasteiger partial charge in [-0.3, -0.25) is 4.79 Å². The Morgan fingerprint density at radius 1 is 1.41 bits per heavy atom. The lowest BCUT2D eigenvalue weighted by atomic mass is 10.2. The highest BCUT2D eigenvalue weighted by molar-refractivity contribution is 9.10. The molecule has 0 aliphatic rings. The van der Waals surface area contributed by atoms with Gasteiger partial charge < -0.3 is 11.1 Å². The van der Waals surface area contributed by atoms with Crippen LogP contribution in [0.4, 0.5) is 11.4 Å². The summed E-state index contributed by atoms with van der Waals surface area (Å²) in [6.45, 7) is 0. The Hall–Kier alpha value is -1.33. The zero-order chi connectivity index (χ0) is 12.3.